The Morgan fingerprint density at radius 1 is 1.29 bits per heavy atom. The van der Waals surface area contributed by atoms with Crippen LogP contribution in [0.3, 0.4) is 0 Å². The van der Waals surface area contributed by atoms with Crippen molar-refractivity contribution in [3.05, 3.63) is 33.9 Å². The van der Waals surface area contributed by atoms with E-state index in [1.54, 1.807) is 0 Å². The van der Waals surface area contributed by atoms with Gasteiger partial charge >= 0.3 is 0 Å². The second kappa shape index (κ2) is 5.71. The average molecular weight is 293 g/mol. The van der Waals surface area contributed by atoms with Crippen LogP contribution >= 0.6 is 0 Å². The maximum Gasteiger partial charge on any atom is 0.270 e. The van der Waals surface area contributed by atoms with Crippen molar-refractivity contribution >= 4 is 17.3 Å². The van der Waals surface area contributed by atoms with Gasteiger partial charge in [0.05, 0.1) is 10.5 Å². The molecule has 0 aromatic heterocycles. The monoisotopic (exact) mass is 293 g/mol. The molecule has 21 heavy (non-hydrogen) atoms. The van der Waals surface area contributed by atoms with Gasteiger partial charge in [-0.25, -0.2) is 0 Å². The molecular formula is C15H23N3O3. The van der Waals surface area contributed by atoms with E-state index in [-0.39, 0.29) is 22.4 Å². The quantitative estimate of drug-likeness (QED) is 0.506. The molecule has 0 atom stereocenters. The van der Waals surface area contributed by atoms with E-state index in [4.69, 9.17) is 5.73 Å². The van der Waals surface area contributed by atoms with Gasteiger partial charge < -0.3 is 11.1 Å². The summed E-state index contributed by atoms with van der Waals surface area (Å²) in [5.74, 6) is -0.398. The molecule has 0 bridgehead atoms. The highest BCUT2D eigenvalue weighted by atomic mass is 16.6. The zero-order chi connectivity index (χ0) is 16.4. The zero-order valence-corrected chi connectivity index (χ0v) is 13.2. The number of nitrogens with two attached hydrogens (primary N) is 1. The number of nitro benzene ring substituents is 1. The Hall–Kier alpha value is -2.11. The smallest absolute Gasteiger partial charge is 0.270 e. The third-order valence-corrected chi connectivity index (χ3v) is 2.92. The molecule has 1 rings (SSSR count). The van der Waals surface area contributed by atoms with E-state index >= 15 is 0 Å². The predicted octanol–water partition coefficient (Wildman–Crippen LogP) is 3.12. The Kier molecular flexibility index (Phi) is 4.61. The van der Waals surface area contributed by atoms with Crippen molar-refractivity contribution in [3.8, 4) is 0 Å². The van der Waals surface area contributed by atoms with Crippen LogP contribution in [0.25, 0.3) is 0 Å². The Morgan fingerprint density at radius 2 is 1.86 bits per heavy atom. The molecule has 3 N–H and O–H groups in total. The number of nitrogen functional groups attached to an aromatic ring is 1. The van der Waals surface area contributed by atoms with Crippen LogP contribution in [0, 0.1) is 15.5 Å². The number of hydrogen-bond donors (Lipinski definition) is 2. The van der Waals surface area contributed by atoms with Gasteiger partial charge in [0.25, 0.3) is 11.6 Å². The van der Waals surface area contributed by atoms with Gasteiger partial charge in [0.15, 0.2) is 0 Å². The van der Waals surface area contributed by atoms with Gasteiger partial charge in [-0.15, -0.1) is 0 Å². The molecule has 6 heteroatoms. The molecule has 0 spiro atoms. The fourth-order valence-electron chi connectivity index (χ4n) is 2.60. The maximum absolute atomic E-state index is 12.3. The third kappa shape index (κ3) is 5.06. The van der Waals surface area contributed by atoms with E-state index in [0.717, 1.165) is 6.42 Å². The number of nitrogens with one attached hydrogen (secondary N) is 1. The first-order valence-electron chi connectivity index (χ1n) is 6.78. The van der Waals surface area contributed by atoms with Crippen LogP contribution in [0.1, 0.15) is 51.4 Å². The second-order valence-corrected chi connectivity index (χ2v) is 7.10. The molecule has 116 valence electrons. The number of carbonyl (C=O) groups excluding carboxylic acids is 1. The van der Waals surface area contributed by atoms with Gasteiger partial charge in [-0.05, 0) is 31.7 Å². The van der Waals surface area contributed by atoms with Crippen LogP contribution in [-0.4, -0.2) is 16.4 Å². The topological polar surface area (TPSA) is 98.3 Å². The number of non-ortho nitro benzene ring substituents is 1. The van der Waals surface area contributed by atoms with Gasteiger partial charge in [-0.3, -0.25) is 14.9 Å². The predicted molar refractivity (Wildman–Crippen MR) is 83.1 cm³/mol. The Morgan fingerprint density at radius 3 is 2.33 bits per heavy atom. The normalized spacial score (nSPS) is 12.0. The van der Waals surface area contributed by atoms with Crippen molar-refractivity contribution in [2.45, 2.75) is 46.6 Å². The molecule has 0 fully saturated rings. The largest absolute Gasteiger partial charge is 0.398 e. The fourth-order valence-corrected chi connectivity index (χ4v) is 2.60. The lowest BCUT2D eigenvalue weighted by molar-refractivity contribution is -0.384. The van der Waals surface area contributed by atoms with Crippen molar-refractivity contribution in [2.75, 3.05) is 5.73 Å². The number of nitrogens with zero attached hydrogens (tertiary/aromatic N) is 1. The SMILES string of the molecule is CC(C)(C)CC(C)(C)NC(=O)c1cc([N+](=O)[O-])ccc1N. The van der Waals surface area contributed by atoms with Crippen LogP contribution < -0.4 is 11.1 Å². The van der Waals surface area contributed by atoms with Crippen molar-refractivity contribution < 1.29 is 9.72 Å². The second-order valence-electron chi connectivity index (χ2n) is 7.10. The first-order chi connectivity index (χ1) is 9.41. The first-order valence-corrected chi connectivity index (χ1v) is 6.78. The van der Waals surface area contributed by atoms with Crippen LogP contribution in [0.5, 0.6) is 0 Å². The van der Waals surface area contributed by atoms with Gasteiger partial charge in [0, 0.05) is 23.4 Å². The summed E-state index contributed by atoms with van der Waals surface area (Å²) in [4.78, 5) is 22.6. The minimum absolute atomic E-state index is 0.0466. The number of carbonyl (C=O) groups is 1. The van der Waals surface area contributed by atoms with Crippen molar-refractivity contribution in [3.63, 3.8) is 0 Å². The number of amides is 1. The van der Waals surface area contributed by atoms with Crippen LogP contribution in [0.15, 0.2) is 18.2 Å². The van der Waals surface area contributed by atoms with Gasteiger partial charge in [0.1, 0.15) is 0 Å². The summed E-state index contributed by atoms with van der Waals surface area (Å²) < 4.78 is 0. The van der Waals surface area contributed by atoms with E-state index in [9.17, 15) is 14.9 Å². The number of rotatable bonds is 4. The molecule has 0 aliphatic heterocycles. The molecule has 1 aromatic rings. The molecule has 0 saturated carbocycles. The highest BCUT2D eigenvalue weighted by Crippen LogP contribution is 2.28. The first kappa shape index (κ1) is 16.9. The lowest BCUT2D eigenvalue weighted by atomic mass is 9.81. The molecule has 0 radical (unpaired) electrons. The standard InChI is InChI=1S/C15H23N3O3/c1-14(2,3)9-15(4,5)17-13(19)11-8-10(18(20)21)6-7-12(11)16/h6-8H,9,16H2,1-5H3,(H,17,19). The summed E-state index contributed by atoms with van der Waals surface area (Å²) in [6.07, 6.45) is 0.764. The highest BCUT2D eigenvalue weighted by molar-refractivity contribution is 6.00. The van der Waals surface area contributed by atoms with E-state index < -0.39 is 16.4 Å². The molecule has 0 heterocycles. The Balaban J connectivity index is 2.99. The average Bonchev–Trinajstić information content (AvgIpc) is 2.24. The fraction of sp³-hybridized carbons (Fsp3) is 0.533. The summed E-state index contributed by atoms with van der Waals surface area (Å²) in [7, 11) is 0. The molecule has 6 nitrogen and oxygen atoms in total. The highest BCUT2D eigenvalue weighted by Gasteiger charge is 2.28. The van der Waals surface area contributed by atoms with Crippen molar-refractivity contribution in [1.82, 2.24) is 5.32 Å². The number of anilines is 1. The van der Waals surface area contributed by atoms with Gasteiger partial charge in [0.2, 0.25) is 0 Å². The van der Waals surface area contributed by atoms with Crippen molar-refractivity contribution in [1.29, 1.82) is 0 Å². The maximum atomic E-state index is 12.3. The van der Waals surface area contributed by atoms with E-state index in [0.29, 0.717) is 0 Å². The number of nitro groups is 1. The van der Waals surface area contributed by atoms with E-state index in [1.807, 2.05) is 13.8 Å². The van der Waals surface area contributed by atoms with Crippen LogP contribution in [0.4, 0.5) is 11.4 Å². The molecule has 1 amide bonds. The molecule has 1 aromatic carbocycles. The molecule has 0 unspecified atom stereocenters. The Bertz CT molecular complexity index is 560. The van der Waals surface area contributed by atoms with Crippen molar-refractivity contribution in [2.24, 2.45) is 5.41 Å². The third-order valence-electron chi connectivity index (χ3n) is 2.92. The van der Waals surface area contributed by atoms with E-state index in [2.05, 4.69) is 26.1 Å². The zero-order valence-electron chi connectivity index (χ0n) is 13.2. The van der Waals surface area contributed by atoms with Crippen LogP contribution in [-0.2, 0) is 0 Å². The van der Waals surface area contributed by atoms with E-state index in [1.165, 1.54) is 18.2 Å². The lowest BCUT2D eigenvalue weighted by Crippen LogP contribution is -2.46. The number of benzene rings is 1. The summed E-state index contributed by atoms with van der Waals surface area (Å²) >= 11 is 0. The minimum Gasteiger partial charge on any atom is -0.398 e. The van der Waals surface area contributed by atoms with Crippen LogP contribution in [0.2, 0.25) is 0 Å². The lowest BCUT2D eigenvalue weighted by Gasteiger charge is -2.33. The minimum atomic E-state index is -0.545. The van der Waals surface area contributed by atoms with Gasteiger partial charge in [-0.1, -0.05) is 20.8 Å². The summed E-state index contributed by atoms with van der Waals surface area (Å²) in [5, 5.41) is 13.7. The number of hydrogen-bond acceptors (Lipinski definition) is 4. The molecular weight excluding hydrogens is 270 g/mol. The summed E-state index contributed by atoms with van der Waals surface area (Å²) in [6.45, 7) is 10.1. The Labute approximate surface area is 124 Å². The molecule has 0 aliphatic rings. The molecule has 0 saturated heterocycles. The summed E-state index contributed by atoms with van der Waals surface area (Å²) in [5.41, 5.74) is 5.57. The summed E-state index contributed by atoms with van der Waals surface area (Å²) in [6, 6.07) is 3.87. The van der Waals surface area contributed by atoms with Gasteiger partial charge in [-0.2, -0.15) is 0 Å². The molecule has 0 aliphatic carbocycles.